The van der Waals surface area contributed by atoms with Gasteiger partial charge in [0.2, 0.25) is 5.78 Å². The molecule has 2 aromatic rings. The number of ketones is 1. The number of rotatable bonds is 4. The van der Waals surface area contributed by atoms with Gasteiger partial charge in [-0.05, 0) is 26.0 Å². The third-order valence-electron chi connectivity index (χ3n) is 3.41. The maximum atomic E-state index is 12.2. The second-order valence-corrected chi connectivity index (χ2v) is 5.97. The minimum absolute atomic E-state index is 0.109. The second-order valence-electron chi connectivity index (χ2n) is 4.75. The molecule has 2 rings (SSSR count). The van der Waals surface area contributed by atoms with Crippen LogP contribution in [0.4, 0.5) is 0 Å². The highest BCUT2D eigenvalue weighted by Crippen LogP contribution is 2.33. The second kappa shape index (κ2) is 6.30. The van der Waals surface area contributed by atoms with Crippen LogP contribution in [-0.4, -0.2) is 17.0 Å². The predicted octanol–water partition coefficient (Wildman–Crippen LogP) is 4.86. The lowest BCUT2D eigenvalue weighted by Crippen LogP contribution is -2.12. The summed E-state index contributed by atoms with van der Waals surface area (Å²) in [6.45, 7) is 3.73. The third-order valence-corrected chi connectivity index (χ3v) is 4.43. The first-order valence-corrected chi connectivity index (χ1v) is 7.38. The Morgan fingerprint density at radius 1 is 1.10 bits per heavy atom. The van der Waals surface area contributed by atoms with Gasteiger partial charge in [-0.2, -0.15) is 0 Å². The van der Waals surface area contributed by atoms with Crippen LogP contribution in [-0.2, 0) is 7.05 Å². The molecule has 0 radical (unpaired) electrons. The van der Waals surface area contributed by atoms with Gasteiger partial charge >= 0.3 is 0 Å². The van der Waals surface area contributed by atoms with E-state index in [9.17, 15) is 4.79 Å². The lowest BCUT2D eigenvalue weighted by Gasteiger charge is -2.09. The van der Waals surface area contributed by atoms with Gasteiger partial charge in [-0.15, -0.1) is 0 Å². The Balaban J connectivity index is 2.15. The average Bonchev–Trinajstić information content (AvgIpc) is 2.69. The maximum absolute atomic E-state index is 12.2. The first-order chi connectivity index (χ1) is 9.81. The van der Waals surface area contributed by atoms with E-state index in [0.717, 1.165) is 11.4 Å². The van der Waals surface area contributed by atoms with E-state index in [1.807, 2.05) is 31.5 Å². The molecule has 1 aromatic heterocycles. The Labute approximate surface area is 138 Å². The molecule has 6 heteroatoms. The van der Waals surface area contributed by atoms with Crippen molar-refractivity contribution in [1.82, 2.24) is 4.57 Å². The number of hydrogen-bond acceptors (Lipinski definition) is 2. The number of ether oxygens (including phenoxy) is 1. The molecule has 0 N–H and O–H groups in total. The molecule has 0 spiro atoms. The molecule has 0 atom stereocenters. The zero-order valence-electron chi connectivity index (χ0n) is 11.8. The largest absolute Gasteiger partial charge is 0.484 e. The summed E-state index contributed by atoms with van der Waals surface area (Å²) in [5, 5.41) is 0.989. The van der Waals surface area contributed by atoms with Crippen LogP contribution in [0, 0.1) is 13.8 Å². The Hall–Kier alpha value is -1.16. The van der Waals surface area contributed by atoms with Gasteiger partial charge in [-0.1, -0.05) is 34.8 Å². The minimum atomic E-state index is -0.113. The van der Waals surface area contributed by atoms with Crippen molar-refractivity contribution in [2.24, 2.45) is 7.05 Å². The van der Waals surface area contributed by atoms with Gasteiger partial charge in [0.1, 0.15) is 5.75 Å². The highest BCUT2D eigenvalue weighted by molar-refractivity contribution is 6.43. The van der Waals surface area contributed by atoms with Gasteiger partial charge in [0.15, 0.2) is 6.61 Å². The summed E-state index contributed by atoms with van der Waals surface area (Å²) < 4.78 is 7.42. The highest BCUT2D eigenvalue weighted by Gasteiger charge is 2.15. The molecule has 1 heterocycles. The Morgan fingerprint density at radius 2 is 1.71 bits per heavy atom. The predicted molar refractivity (Wildman–Crippen MR) is 86.2 cm³/mol. The highest BCUT2D eigenvalue weighted by atomic mass is 35.5. The molecule has 0 aliphatic rings. The topological polar surface area (TPSA) is 31.2 Å². The number of carbonyl (C=O) groups excluding carboxylic acids is 1. The molecule has 0 saturated heterocycles. The van der Waals surface area contributed by atoms with Crippen LogP contribution in [0.3, 0.4) is 0 Å². The number of aromatic nitrogens is 1. The smallest absolute Gasteiger partial charge is 0.202 e. The lowest BCUT2D eigenvalue weighted by atomic mass is 10.1. The SMILES string of the molecule is Cc1cc(C(=O)COc2cc(Cl)c(Cl)cc2Cl)c(C)n1C. The van der Waals surface area contributed by atoms with Crippen molar-refractivity contribution in [3.05, 3.63) is 50.2 Å². The first-order valence-electron chi connectivity index (χ1n) is 6.24. The summed E-state index contributed by atoms with van der Waals surface area (Å²) in [4.78, 5) is 12.2. The van der Waals surface area contributed by atoms with E-state index in [4.69, 9.17) is 39.5 Å². The summed E-state index contributed by atoms with van der Waals surface area (Å²) >= 11 is 17.8. The van der Waals surface area contributed by atoms with E-state index in [2.05, 4.69) is 0 Å². The zero-order valence-corrected chi connectivity index (χ0v) is 14.1. The number of nitrogens with zero attached hydrogens (tertiary/aromatic N) is 1. The van der Waals surface area contributed by atoms with Gasteiger partial charge < -0.3 is 9.30 Å². The molecule has 0 aliphatic heterocycles. The zero-order chi connectivity index (χ0) is 15.7. The van der Waals surface area contributed by atoms with Gasteiger partial charge in [-0.3, -0.25) is 4.79 Å². The monoisotopic (exact) mass is 345 g/mol. The number of hydrogen-bond donors (Lipinski definition) is 0. The molecule has 0 unspecified atom stereocenters. The van der Waals surface area contributed by atoms with Crippen LogP contribution in [0.1, 0.15) is 21.7 Å². The fraction of sp³-hybridized carbons (Fsp3) is 0.267. The van der Waals surface area contributed by atoms with Crippen LogP contribution in [0.2, 0.25) is 15.1 Å². The number of carbonyl (C=O) groups is 1. The summed E-state index contributed by atoms with van der Waals surface area (Å²) in [6, 6.07) is 4.84. The van der Waals surface area contributed by atoms with E-state index in [1.165, 1.54) is 12.1 Å². The van der Waals surface area contributed by atoms with Gasteiger partial charge in [0.25, 0.3) is 0 Å². The standard InChI is InChI=1S/C15H14Cl3NO2/c1-8-4-10(9(2)19(8)3)14(20)7-21-15-6-12(17)11(16)5-13(15)18/h4-6H,7H2,1-3H3. The first kappa shape index (κ1) is 16.2. The van der Waals surface area contributed by atoms with Crippen molar-refractivity contribution in [2.75, 3.05) is 6.61 Å². The van der Waals surface area contributed by atoms with Crippen LogP contribution < -0.4 is 4.74 Å². The van der Waals surface area contributed by atoms with Crippen LogP contribution in [0.5, 0.6) is 5.75 Å². The number of benzene rings is 1. The van der Waals surface area contributed by atoms with E-state index in [-0.39, 0.29) is 12.4 Å². The van der Waals surface area contributed by atoms with Gasteiger partial charge in [-0.25, -0.2) is 0 Å². The average molecular weight is 347 g/mol. The number of halogens is 3. The molecule has 112 valence electrons. The van der Waals surface area contributed by atoms with Crippen molar-refractivity contribution in [3.8, 4) is 5.75 Å². The molecule has 0 bridgehead atoms. The van der Waals surface area contributed by atoms with Crippen molar-refractivity contribution >= 4 is 40.6 Å². The van der Waals surface area contributed by atoms with E-state index < -0.39 is 0 Å². The molecule has 21 heavy (non-hydrogen) atoms. The fourth-order valence-corrected chi connectivity index (χ4v) is 2.56. The van der Waals surface area contributed by atoms with Gasteiger partial charge in [0, 0.05) is 30.1 Å². The van der Waals surface area contributed by atoms with Crippen molar-refractivity contribution in [2.45, 2.75) is 13.8 Å². The van der Waals surface area contributed by atoms with Crippen LogP contribution in [0.15, 0.2) is 18.2 Å². The minimum Gasteiger partial charge on any atom is -0.484 e. The summed E-state index contributed by atoms with van der Waals surface area (Å²) in [5.41, 5.74) is 2.57. The van der Waals surface area contributed by atoms with E-state index in [0.29, 0.717) is 26.4 Å². The molecule has 3 nitrogen and oxygen atoms in total. The number of Topliss-reactive ketones (excluding diaryl/α,β-unsaturated/α-hetero) is 1. The van der Waals surface area contributed by atoms with E-state index in [1.54, 1.807) is 0 Å². The van der Waals surface area contributed by atoms with E-state index >= 15 is 0 Å². The summed E-state index contributed by atoms with van der Waals surface area (Å²) in [7, 11) is 1.91. The Kier molecular flexibility index (Phi) is 4.87. The number of aryl methyl sites for hydroxylation is 1. The molecule has 0 aliphatic carbocycles. The Bertz CT molecular complexity index is 707. The lowest BCUT2D eigenvalue weighted by molar-refractivity contribution is 0.0921. The molecule has 0 saturated carbocycles. The molecule has 0 amide bonds. The third kappa shape index (κ3) is 3.37. The van der Waals surface area contributed by atoms with Crippen molar-refractivity contribution < 1.29 is 9.53 Å². The van der Waals surface area contributed by atoms with Gasteiger partial charge in [0.05, 0.1) is 15.1 Å². The summed E-state index contributed by atoms with van der Waals surface area (Å²) in [5.74, 6) is 0.225. The summed E-state index contributed by atoms with van der Waals surface area (Å²) in [6.07, 6.45) is 0. The molecular formula is C15H14Cl3NO2. The van der Waals surface area contributed by atoms with Crippen molar-refractivity contribution in [1.29, 1.82) is 0 Å². The maximum Gasteiger partial charge on any atom is 0.202 e. The quantitative estimate of drug-likeness (QED) is 0.584. The normalized spacial score (nSPS) is 10.8. The van der Waals surface area contributed by atoms with Crippen LogP contribution >= 0.6 is 34.8 Å². The molecular weight excluding hydrogens is 333 g/mol. The molecule has 1 aromatic carbocycles. The van der Waals surface area contributed by atoms with Crippen LogP contribution in [0.25, 0.3) is 0 Å². The van der Waals surface area contributed by atoms with Crippen molar-refractivity contribution in [3.63, 3.8) is 0 Å². The molecule has 0 fully saturated rings. The Morgan fingerprint density at radius 3 is 2.29 bits per heavy atom. The fourth-order valence-electron chi connectivity index (χ4n) is 1.97.